The number of alkyl halides is 3. The number of aromatic nitrogens is 4. The van der Waals surface area contributed by atoms with Crippen LogP contribution < -0.4 is 10.6 Å². The molecule has 8 nitrogen and oxygen atoms in total. The first-order chi connectivity index (χ1) is 17.3. The minimum absolute atomic E-state index is 0.0605. The molecule has 1 fully saturated rings. The summed E-state index contributed by atoms with van der Waals surface area (Å²) < 4.78 is 40.7. The second kappa shape index (κ2) is 9.97. The number of anilines is 1. The molecule has 1 aliphatic rings. The van der Waals surface area contributed by atoms with Crippen molar-refractivity contribution < 1.29 is 23.1 Å². The molecule has 1 amide bonds. The second-order valence-electron chi connectivity index (χ2n) is 9.82. The molecule has 1 aliphatic heterocycles. The monoisotopic (exact) mass is 534 g/mol. The van der Waals surface area contributed by atoms with Crippen LogP contribution in [0.3, 0.4) is 0 Å². The van der Waals surface area contributed by atoms with Crippen LogP contribution in [0.4, 0.5) is 19.1 Å². The lowest BCUT2D eigenvalue weighted by atomic mass is 9.87. The first kappa shape index (κ1) is 26.9. The summed E-state index contributed by atoms with van der Waals surface area (Å²) in [7, 11) is 0. The number of halogens is 3. The van der Waals surface area contributed by atoms with Gasteiger partial charge in [-0.25, -0.2) is 15.0 Å². The summed E-state index contributed by atoms with van der Waals surface area (Å²) in [6.45, 7) is 7.94. The van der Waals surface area contributed by atoms with Crippen molar-refractivity contribution in [1.29, 1.82) is 0 Å². The lowest BCUT2D eigenvalue weighted by molar-refractivity contribution is -0.181. The third kappa shape index (κ3) is 5.30. The SMILES string of the molecule is Cc1nc([C@H](C)Nc2nccc([C@@H]3C(=O)NCC3[C@@H](C)O)n2)sc1-c1ccnc(C(C)(C)C(F)(F)F)c1. The molecule has 3 N–H and O–H groups in total. The number of amides is 1. The van der Waals surface area contributed by atoms with Gasteiger partial charge in [-0.1, -0.05) is 0 Å². The quantitative estimate of drug-likeness (QED) is 0.408. The lowest BCUT2D eigenvalue weighted by Crippen LogP contribution is -2.37. The van der Waals surface area contributed by atoms with Gasteiger partial charge in [-0.15, -0.1) is 11.3 Å². The van der Waals surface area contributed by atoms with Gasteiger partial charge in [0, 0.05) is 24.9 Å². The maximum atomic E-state index is 13.6. The van der Waals surface area contributed by atoms with Crippen LogP contribution in [0.2, 0.25) is 0 Å². The Morgan fingerprint density at radius 2 is 1.86 bits per heavy atom. The summed E-state index contributed by atoms with van der Waals surface area (Å²) in [6, 6.07) is 4.49. The number of thiazole rings is 1. The Morgan fingerprint density at radius 3 is 2.54 bits per heavy atom. The number of carbonyl (C=O) groups excluding carboxylic acids is 1. The number of aryl methyl sites for hydroxylation is 1. The average molecular weight is 535 g/mol. The predicted molar refractivity (Wildman–Crippen MR) is 134 cm³/mol. The number of pyridine rings is 1. The van der Waals surface area contributed by atoms with Crippen LogP contribution in [0.15, 0.2) is 30.6 Å². The Balaban J connectivity index is 1.56. The molecular weight excluding hydrogens is 505 g/mol. The van der Waals surface area contributed by atoms with Gasteiger partial charge < -0.3 is 15.7 Å². The number of aliphatic hydroxyl groups is 1. The number of hydrogen-bond acceptors (Lipinski definition) is 8. The van der Waals surface area contributed by atoms with Crippen molar-refractivity contribution >= 4 is 23.2 Å². The first-order valence-corrected chi connectivity index (χ1v) is 12.7. The molecule has 3 aromatic rings. The number of nitrogens with one attached hydrogen (secondary N) is 2. The van der Waals surface area contributed by atoms with Crippen LogP contribution >= 0.6 is 11.3 Å². The Morgan fingerprint density at radius 1 is 1.16 bits per heavy atom. The molecule has 0 bridgehead atoms. The maximum absolute atomic E-state index is 13.6. The minimum Gasteiger partial charge on any atom is -0.393 e. The zero-order valence-corrected chi connectivity index (χ0v) is 21.9. The molecular formula is C25H29F3N6O2S. The van der Waals surface area contributed by atoms with Crippen molar-refractivity contribution in [3.05, 3.63) is 52.7 Å². The smallest absolute Gasteiger partial charge is 0.393 e. The number of aliphatic hydroxyl groups excluding tert-OH is 1. The van der Waals surface area contributed by atoms with E-state index < -0.39 is 23.6 Å². The van der Waals surface area contributed by atoms with Gasteiger partial charge in [-0.3, -0.25) is 9.78 Å². The lowest BCUT2D eigenvalue weighted by Gasteiger charge is -2.27. The molecule has 0 saturated carbocycles. The minimum atomic E-state index is -4.44. The fourth-order valence-corrected chi connectivity index (χ4v) is 5.31. The van der Waals surface area contributed by atoms with E-state index in [0.717, 1.165) is 18.7 Å². The van der Waals surface area contributed by atoms with E-state index in [0.29, 0.717) is 34.5 Å². The molecule has 198 valence electrons. The summed E-state index contributed by atoms with van der Waals surface area (Å²) in [5.74, 6) is -0.741. The van der Waals surface area contributed by atoms with E-state index in [1.54, 1.807) is 25.3 Å². The normalized spacial score (nSPS) is 20.0. The predicted octanol–water partition coefficient (Wildman–Crippen LogP) is 4.53. The number of carbonyl (C=O) groups is 1. The zero-order valence-electron chi connectivity index (χ0n) is 21.1. The first-order valence-electron chi connectivity index (χ1n) is 11.9. The molecule has 4 rings (SSSR count). The van der Waals surface area contributed by atoms with Crippen LogP contribution in [0.1, 0.15) is 61.7 Å². The van der Waals surface area contributed by atoms with E-state index in [1.165, 1.54) is 23.6 Å². The highest BCUT2D eigenvalue weighted by Gasteiger charge is 2.49. The molecule has 37 heavy (non-hydrogen) atoms. The highest BCUT2D eigenvalue weighted by Crippen LogP contribution is 2.41. The van der Waals surface area contributed by atoms with Crippen LogP contribution in [-0.4, -0.2) is 49.8 Å². The topological polar surface area (TPSA) is 113 Å². The molecule has 12 heteroatoms. The van der Waals surface area contributed by atoms with Crippen molar-refractivity contribution in [3.8, 4) is 10.4 Å². The third-order valence-corrected chi connectivity index (χ3v) is 8.13. The van der Waals surface area contributed by atoms with Crippen molar-refractivity contribution in [1.82, 2.24) is 25.3 Å². The standard InChI is InChI=1S/C25H29F3N6O2S/c1-12-20(15-6-8-29-18(10-15)24(4,5)25(26,27)28)37-22(32-12)13(2)33-23-30-9-7-17(34-23)19-16(14(3)35)11-31-21(19)36/h6-10,13-14,16,19,35H,11H2,1-5H3,(H,31,36)(H,30,33,34)/t13-,14+,16?,19+/m0/s1. The second-order valence-corrected chi connectivity index (χ2v) is 10.8. The number of nitrogens with zero attached hydrogens (tertiary/aromatic N) is 4. The molecule has 0 radical (unpaired) electrons. The Hall–Kier alpha value is -3.12. The van der Waals surface area contributed by atoms with Crippen LogP contribution in [0, 0.1) is 12.8 Å². The van der Waals surface area contributed by atoms with Gasteiger partial charge in [-0.05, 0) is 58.4 Å². The van der Waals surface area contributed by atoms with E-state index in [4.69, 9.17) is 0 Å². The fraction of sp³-hybridized carbons (Fsp3) is 0.480. The number of rotatable bonds is 7. The van der Waals surface area contributed by atoms with Gasteiger partial charge in [0.05, 0.1) is 40.0 Å². The van der Waals surface area contributed by atoms with Crippen molar-refractivity contribution in [3.63, 3.8) is 0 Å². The molecule has 4 atom stereocenters. The Kier molecular flexibility index (Phi) is 7.26. The van der Waals surface area contributed by atoms with Crippen molar-refractivity contribution in [2.45, 2.75) is 64.3 Å². The van der Waals surface area contributed by atoms with E-state index in [9.17, 15) is 23.1 Å². The molecule has 0 aromatic carbocycles. The fourth-order valence-electron chi connectivity index (χ4n) is 4.24. The summed E-state index contributed by atoms with van der Waals surface area (Å²) in [4.78, 5) is 30.5. The molecule has 3 aromatic heterocycles. The van der Waals surface area contributed by atoms with Crippen molar-refractivity contribution in [2.75, 3.05) is 11.9 Å². The summed E-state index contributed by atoms with van der Waals surface area (Å²) in [6.07, 6.45) is -2.17. The molecule has 0 spiro atoms. The van der Waals surface area contributed by atoms with E-state index in [2.05, 4.69) is 30.6 Å². The van der Waals surface area contributed by atoms with Gasteiger partial charge in [0.15, 0.2) is 0 Å². The van der Waals surface area contributed by atoms with Gasteiger partial charge >= 0.3 is 6.18 Å². The van der Waals surface area contributed by atoms with Gasteiger partial charge in [-0.2, -0.15) is 13.2 Å². The van der Waals surface area contributed by atoms with E-state index in [1.807, 2.05) is 13.8 Å². The van der Waals surface area contributed by atoms with Crippen LogP contribution in [0.5, 0.6) is 0 Å². The Labute approximate surface area is 216 Å². The summed E-state index contributed by atoms with van der Waals surface area (Å²) in [5.41, 5.74) is -0.337. The highest BCUT2D eigenvalue weighted by atomic mass is 32.1. The molecule has 0 aliphatic carbocycles. The summed E-state index contributed by atoms with van der Waals surface area (Å²) >= 11 is 1.37. The van der Waals surface area contributed by atoms with Crippen molar-refractivity contribution in [2.24, 2.45) is 5.92 Å². The van der Waals surface area contributed by atoms with Gasteiger partial charge in [0.2, 0.25) is 11.9 Å². The maximum Gasteiger partial charge on any atom is 0.399 e. The van der Waals surface area contributed by atoms with Gasteiger partial charge in [0.25, 0.3) is 0 Å². The highest BCUT2D eigenvalue weighted by molar-refractivity contribution is 7.15. The molecule has 4 heterocycles. The van der Waals surface area contributed by atoms with Gasteiger partial charge in [0.1, 0.15) is 10.4 Å². The van der Waals surface area contributed by atoms with Crippen LogP contribution in [0.25, 0.3) is 10.4 Å². The van der Waals surface area contributed by atoms with Crippen LogP contribution in [-0.2, 0) is 10.2 Å². The zero-order chi connectivity index (χ0) is 27.1. The average Bonchev–Trinajstić information content (AvgIpc) is 3.41. The Bertz CT molecular complexity index is 1290. The van der Waals surface area contributed by atoms with E-state index >= 15 is 0 Å². The summed E-state index contributed by atoms with van der Waals surface area (Å²) in [5, 5.41) is 16.8. The van der Waals surface area contributed by atoms with E-state index in [-0.39, 0.29) is 23.6 Å². The largest absolute Gasteiger partial charge is 0.399 e. The number of hydrogen-bond donors (Lipinski definition) is 3. The molecule has 1 unspecified atom stereocenters. The third-order valence-electron chi connectivity index (χ3n) is 6.74. The molecule has 1 saturated heterocycles.